The molecular formula is C26H24ClN3O3. The fraction of sp³-hybridized carbons (Fsp3) is 0.192. The van der Waals surface area contributed by atoms with E-state index in [1.807, 2.05) is 43.3 Å². The summed E-state index contributed by atoms with van der Waals surface area (Å²) in [6.07, 6.45) is 0.0974. The maximum absolute atomic E-state index is 13.0. The first kappa shape index (κ1) is 22.6. The van der Waals surface area contributed by atoms with E-state index in [0.29, 0.717) is 28.5 Å². The topological polar surface area (TPSA) is 78.5 Å². The first-order chi connectivity index (χ1) is 15.9. The van der Waals surface area contributed by atoms with Gasteiger partial charge in [-0.05, 0) is 42.3 Å². The van der Waals surface area contributed by atoms with Gasteiger partial charge in [-0.25, -0.2) is 0 Å². The molecule has 4 rings (SSSR count). The highest BCUT2D eigenvalue weighted by atomic mass is 35.5. The monoisotopic (exact) mass is 461 g/mol. The summed E-state index contributed by atoms with van der Waals surface area (Å²) in [7, 11) is 0. The number of para-hydroxylation sites is 1. The van der Waals surface area contributed by atoms with E-state index in [2.05, 4.69) is 10.6 Å². The summed E-state index contributed by atoms with van der Waals surface area (Å²) in [5, 5.41) is 6.30. The van der Waals surface area contributed by atoms with Crippen LogP contribution in [0.3, 0.4) is 0 Å². The third kappa shape index (κ3) is 5.07. The van der Waals surface area contributed by atoms with Gasteiger partial charge in [0.2, 0.25) is 11.8 Å². The third-order valence-corrected chi connectivity index (χ3v) is 6.16. The highest BCUT2D eigenvalue weighted by molar-refractivity contribution is 6.31. The fourth-order valence-corrected chi connectivity index (χ4v) is 4.07. The lowest BCUT2D eigenvalue weighted by Crippen LogP contribution is -2.29. The molecule has 6 nitrogen and oxygen atoms in total. The lowest BCUT2D eigenvalue weighted by molar-refractivity contribution is -0.122. The molecule has 33 heavy (non-hydrogen) atoms. The average molecular weight is 462 g/mol. The summed E-state index contributed by atoms with van der Waals surface area (Å²) >= 11 is 6.20. The maximum Gasteiger partial charge on any atom is 0.253 e. The summed E-state index contributed by atoms with van der Waals surface area (Å²) in [5.74, 6) is -1.24. The molecule has 1 heterocycles. The zero-order valence-electron chi connectivity index (χ0n) is 18.2. The number of nitrogens with one attached hydrogen (secondary N) is 2. The van der Waals surface area contributed by atoms with Crippen LogP contribution in [0.4, 0.5) is 11.4 Å². The van der Waals surface area contributed by atoms with Crippen LogP contribution in [-0.2, 0) is 16.1 Å². The summed E-state index contributed by atoms with van der Waals surface area (Å²) in [6.45, 7) is 2.49. The van der Waals surface area contributed by atoms with Crippen molar-refractivity contribution < 1.29 is 14.4 Å². The number of benzene rings is 3. The van der Waals surface area contributed by atoms with Gasteiger partial charge in [-0.2, -0.15) is 0 Å². The predicted molar refractivity (Wildman–Crippen MR) is 129 cm³/mol. The van der Waals surface area contributed by atoms with E-state index in [1.165, 1.54) is 0 Å². The van der Waals surface area contributed by atoms with Crippen molar-refractivity contribution in [1.82, 2.24) is 5.32 Å². The second kappa shape index (κ2) is 9.88. The molecule has 0 spiro atoms. The molecule has 3 amide bonds. The van der Waals surface area contributed by atoms with Gasteiger partial charge >= 0.3 is 0 Å². The van der Waals surface area contributed by atoms with Crippen LogP contribution in [0.5, 0.6) is 0 Å². The highest BCUT2D eigenvalue weighted by Crippen LogP contribution is 2.32. The summed E-state index contributed by atoms with van der Waals surface area (Å²) in [6, 6.07) is 21.8. The quantitative estimate of drug-likeness (QED) is 0.564. The van der Waals surface area contributed by atoms with Crippen LogP contribution in [0.25, 0.3) is 0 Å². The fourth-order valence-electron chi connectivity index (χ4n) is 3.90. The molecule has 0 aliphatic carbocycles. The second-order valence-corrected chi connectivity index (χ2v) is 8.40. The van der Waals surface area contributed by atoms with E-state index in [1.54, 1.807) is 41.3 Å². The van der Waals surface area contributed by atoms with Crippen molar-refractivity contribution in [3.63, 3.8) is 0 Å². The number of nitrogens with zero attached hydrogens (tertiary/aromatic N) is 1. The van der Waals surface area contributed by atoms with Crippen LogP contribution in [0.1, 0.15) is 27.9 Å². The van der Waals surface area contributed by atoms with Gasteiger partial charge < -0.3 is 15.5 Å². The Labute approximate surface area is 197 Å². The van der Waals surface area contributed by atoms with Gasteiger partial charge in [-0.3, -0.25) is 14.4 Å². The van der Waals surface area contributed by atoms with Crippen molar-refractivity contribution in [3.8, 4) is 0 Å². The van der Waals surface area contributed by atoms with Crippen molar-refractivity contribution in [2.75, 3.05) is 16.8 Å². The van der Waals surface area contributed by atoms with E-state index in [9.17, 15) is 14.4 Å². The molecule has 7 heteroatoms. The average Bonchev–Trinajstić information content (AvgIpc) is 3.22. The molecule has 3 aromatic rings. The van der Waals surface area contributed by atoms with Crippen LogP contribution in [0.15, 0.2) is 72.8 Å². The smallest absolute Gasteiger partial charge is 0.253 e. The van der Waals surface area contributed by atoms with E-state index < -0.39 is 5.92 Å². The predicted octanol–water partition coefficient (Wildman–Crippen LogP) is 4.57. The Morgan fingerprint density at radius 1 is 1.00 bits per heavy atom. The Morgan fingerprint density at radius 2 is 1.73 bits per heavy atom. The lowest BCUT2D eigenvalue weighted by Gasteiger charge is -2.20. The van der Waals surface area contributed by atoms with Gasteiger partial charge in [0.15, 0.2) is 0 Å². The molecule has 168 valence electrons. The van der Waals surface area contributed by atoms with E-state index in [0.717, 1.165) is 11.1 Å². The van der Waals surface area contributed by atoms with Crippen molar-refractivity contribution in [3.05, 3.63) is 94.5 Å². The number of halogens is 1. The first-order valence-electron chi connectivity index (χ1n) is 10.7. The summed E-state index contributed by atoms with van der Waals surface area (Å²) in [5.41, 5.74) is 3.28. The molecule has 3 aromatic carbocycles. The number of hydrogen-bond donors (Lipinski definition) is 2. The van der Waals surface area contributed by atoms with E-state index in [-0.39, 0.29) is 30.7 Å². The minimum absolute atomic E-state index is 0.0974. The number of hydrogen-bond acceptors (Lipinski definition) is 3. The minimum atomic E-state index is -0.531. The van der Waals surface area contributed by atoms with Crippen molar-refractivity contribution >= 4 is 40.7 Å². The van der Waals surface area contributed by atoms with Crippen LogP contribution in [0, 0.1) is 12.8 Å². The molecular weight excluding hydrogens is 438 g/mol. The first-order valence-corrected chi connectivity index (χ1v) is 11.1. The van der Waals surface area contributed by atoms with Crippen LogP contribution >= 0.6 is 11.6 Å². The Balaban J connectivity index is 1.44. The molecule has 1 atom stereocenters. The zero-order chi connectivity index (χ0) is 23.4. The van der Waals surface area contributed by atoms with Crippen LogP contribution < -0.4 is 15.5 Å². The SMILES string of the molecule is Cc1c(Cl)cccc1N1C[C@H](C(=O)Nc2ccccc2C(=O)NCc2ccccc2)CC1=O. The number of carbonyl (C=O) groups excluding carboxylic acids is 3. The van der Waals surface area contributed by atoms with Gasteiger partial charge in [0.25, 0.3) is 5.91 Å². The van der Waals surface area contributed by atoms with Gasteiger partial charge in [0.1, 0.15) is 0 Å². The molecule has 1 fully saturated rings. The molecule has 1 saturated heterocycles. The van der Waals surface area contributed by atoms with Crippen LogP contribution in [-0.4, -0.2) is 24.3 Å². The normalized spacial score (nSPS) is 15.4. The van der Waals surface area contributed by atoms with Gasteiger partial charge in [-0.1, -0.05) is 60.1 Å². The van der Waals surface area contributed by atoms with Crippen LogP contribution in [0.2, 0.25) is 5.02 Å². The largest absolute Gasteiger partial charge is 0.348 e. The molecule has 0 bridgehead atoms. The third-order valence-electron chi connectivity index (χ3n) is 5.75. The molecule has 1 aliphatic heterocycles. The van der Waals surface area contributed by atoms with Gasteiger partial charge in [0.05, 0.1) is 17.2 Å². The number of anilines is 2. The number of rotatable bonds is 6. The minimum Gasteiger partial charge on any atom is -0.348 e. The molecule has 0 saturated carbocycles. The molecule has 0 unspecified atom stereocenters. The van der Waals surface area contributed by atoms with Crippen molar-refractivity contribution in [2.45, 2.75) is 19.9 Å². The van der Waals surface area contributed by atoms with Crippen molar-refractivity contribution in [2.24, 2.45) is 5.92 Å². The van der Waals surface area contributed by atoms with Gasteiger partial charge in [-0.15, -0.1) is 0 Å². The highest BCUT2D eigenvalue weighted by Gasteiger charge is 2.36. The Bertz CT molecular complexity index is 1200. The maximum atomic E-state index is 13.0. The molecule has 1 aliphatic rings. The Kier molecular flexibility index (Phi) is 6.75. The lowest BCUT2D eigenvalue weighted by atomic mass is 10.1. The summed E-state index contributed by atoms with van der Waals surface area (Å²) < 4.78 is 0. The molecule has 2 N–H and O–H groups in total. The zero-order valence-corrected chi connectivity index (χ0v) is 18.9. The number of carbonyl (C=O) groups is 3. The molecule has 0 aromatic heterocycles. The Morgan fingerprint density at radius 3 is 2.52 bits per heavy atom. The van der Waals surface area contributed by atoms with E-state index >= 15 is 0 Å². The molecule has 0 radical (unpaired) electrons. The standard InChI is InChI=1S/C26H24ClN3O3/c1-17-21(27)11-7-13-23(17)30-16-19(14-24(30)31)25(32)29-22-12-6-5-10-20(22)26(33)28-15-18-8-3-2-4-9-18/h2-13,19H,14-16H2,1H3,(H,28,33)(H,29,32)/t19-/m1/s1. The summed E-state index contributed by atoms with van der Waals surface area (Å²) in [4.78, 5) is 40.0. The Hall–Kier alpha value is -3.64. The number of amides is 3. The van der Waals surface area contributed by atoms with E-state index in [4.69, 9.17) is 11.6 Å². The second-order valence-electron chi connectivity index (χ2n) is 7.99. The van der Waals surface area contributed by atoms with Gasteiger partial charge in [0, 0.05) is 30.2 Å². The van der Waals surface area contributed by atoms with Crippen molar-refractivity contribution in [1.29, 1.82) is 0 Å².